The smallest absolute Gasteiger partial charge is 0.407 e. The highest BCUT2D eigenvalue weighted by Crippen LogP contribution is 2.20. The van der Waals surface area contributed by atoms with Gasteiger partial charge in [0, 0.05) is 23.5 Å². The van der Waals surface area contributed by atoms with E-state index in [1.54, 1.807) is 0 Å². The molecule has 86 valence electrons. The van der Waals surface area contributed by atoms with Crippen LogP contribution >= 0.6 is 15.9 Å². The van der Waals surface area contributed by atoms with Crippen LogP contribution in [0.25, 0.3) is 0 Å². The summed E-state index contributed by atoms with van der Waals surface area (Å²) in [5.74, 6) is 1.14. The van der Waals surface area contributed by atoms with Crippen LogP contribution in [0.5, 0.6) is 5.75 Å². The summed E-state index contributed by atoms with van der Waals surface area (Å²) in [5, 5.41) is 8.65. The van der Waals surface area contributed by atoms with Crippen LogP contribution in [0.15, 0.2) is 28.7 Å². The number of nitrogens with zero attached hydrogens (tertiary/aromatic N) is 1. The van der Waals surface area contributed by atoms with E-state index in [9.17, 15) is 4.79 Å². The molecule has 0 saturated carbocycles. The maximum Gasteiger partial charge on any atom is 0.407 e. The zero-order valence-electron chi connectivity index (χ0n) is 8.60. The average Bonchev–Trinajstić information content (AvgIpc) is 2.18. The molecule has 1 N–H and O–H groups in total. The Hall–Kier alpha value is -1.23. The molecule has 0 radical (unpaired) electrons. The Morgan fingerprint density at radius 2 is 2.06 bits per heavy atom. The SMILES string of the molecule is O=C(O)N1CC(COc2ccc(Br)cc2)C1. The van der Waals surface area contributed by atoms with Crippen LogP contribution in [0.3, 0.4) is 0 Å². The normalized spacial score (nSPS) is 15.7. The van der Waals surface area contributed by atoms with Crippen molar-refractivity contribution in [3.8, 4) is 5.75 Å². The highest BCUT2D eigenvalue weighted by atomic mass is 79.9. The van der Waals surface area contributed by atoms with E-state index in [2.05, 4.69) is 15.9 Å². The molecule has 0 aromatic heterocycles. The topological polar surface area (TPSA) is 49.8 Å². The molecule has 0 aliphatic carbocycles. The van der Waals surface area contributed by atoms with Crippen molar-refractivity contribution in [2.75, 3.05) is 19.7 Å². The van der Waals surface area contributed by atoms with Crippen molar-refractivity contribution < 1.29 is 14.6 Å². The van der Waals surface area contributed by atoms with E-state index in [1.165, 1.54) is 4.90 Å². The lowest BCUT2D eigenvalue weighted by Crippen LogP contribution is -2.51. The summed E-state index contributed by atoms with van der Waals surface area (Å²) in [6.07, 6.45) is -0.847. The average molecular weight is 286 g/mol. The van der Waals surface area contributed by atoms with Gasteiger partial charge in [-0.2, -0.15) is 0 Å². The van der Waals surface area contributed by atoms with Gasteiger partial charge in [-0.15, -0.1) is 0 Å². The molecule has 4 nitrogen and oxygen atoms in total. The van der Waals surface area contributed by atoms with Crippen LogP contribution in [0.1, 0.15) is 0 Å². The summed E-state index contributed by atoms with van der Waals surface area (Å²) in [6.45, 7) is 1.73. The maximum absolute atomic E-state index is 10.5. The molecule has 1 aliphatic heterocycles. The van der Waals surface area contributed by atoms with Crippen LogP contribution in [0, 0.1) is 5.92 Å². The number of rotatable bonds is 3. The van der Waals surface area contributed by atoms with E-state index in [0.29, 0.717) is 25.6 Å². The van der Waals surface area contributed by atoms with Crippen LogP contribution < -0.4 is 4.74 Å². The lowest BCUT2D eigenvalue weighted by atomic mass is 10.0. The predicted molar refractivity (Wildman–Crippen MR) is 62.7 cm³/mol. The van der Waals surface area contributed by atoms with Crippen molar-refractivity contribution in [3.05, 3.63) is 28.7 Å². The van der Waals surface area contributed by atoms with Gasteiger partial charge in [0.2, 0.25) is 0 Å². The fourth-order valence-corrected chi connectivity index (χ4v) is 1.84. The van der Waals surface area contributed by atoms with Crippen molar-refractivity contribution in [1.82, 2.24) is 4.90 Å². The molecule has 0 bridgehead atoms. The summed E-state index contributed by atoms with van der Waals surface area (Å²) in [5.41, 5.74) is 0. The molecule has 5 heteroatoms. The Bertz CT molecular complexity index is 373. The van der Waals surface area contributed by atoms with E-state index in [4.69, 9.17) is 9.84 Å². The number of halogens is 1. The van der Waals surface area contributed by atoms with Gasteiger partial charge in [-0.25, -0.2) is 4.79 Å². The third-order valence-corrected chi connectivity index (χ3v) is 3.06. The Kier molecular flexibility index (Phi) is 3.33. The summed E-state index contributed by atoms with van der Waals surface area (Å²) in [6, 6.07) is 7.61. The van der Waals surface area contributed by atoms with Crippen LogP contribution in [-0.4, -0.2) is 35.8 Å². The van der Waals surface area contributed by atoms with E-state index in [1.807, 2.05) is 24.3 Å². The fraction of sp³-hybridized carbons (Fsp3) is 0.364. The Morgan fingerprint density at radius 1 is 1.44 bits per heavy atom. The third kappa shape index (κ3) is 2.66. The first kappa shape index (κ1) is 11.3. The van der Waals surface area contributed by atoms with Gasteiger partial charge in [0.25, 0.3) is 0 Å². The van der Waals surface area contributed by atoms with E-state index < -0.39 is 6.09 Å². The Balaban J connectivity index is 1.73. The van der Waals surface area contributed by atoms with Crippen molar-refractivity contribution in [2.24, 2.45) is 5.92 Å². The van der Waals surface area contributed by atoms with Gasteiger partial charge in [0.05, 0.1) is 6.61 Å². The number of likely N-dealkylation sites (tertiary alicyclic amines) is 1. The molecule has 0 spiro atoms. The number of hydrogen-bond donors (Lipinski definition) is 1. The number of benzene rings is 1. The summed E-state index contributed by atoms with van der Waals surface area (Å²) in [4.78, 5) is 11.9. The van der Waals surface area contributed by atoms with Crippen molar-refractivity contribution >= 4 is 22.0 Å². The number of ether oxygens (including phenoxy) is 1. The Labute approximate surface area is 102 Å². The van der Waals surface area contributed by atoms with E-state index in [0.717, 1.165) is 10.2 Å². The monoisotopic (exact) mass is 285 g/mol. The number of carbonyl (C=O) groups is 1. The summed E-state index contributed by atoms with van der Waals surface area (Å²) >= 11 is 3.35. The molecule has 1 aromatic rings. The largest absolute Gasteiger partial charge is 0.493 e. The summed E-state index contributed by atoms with van der Waals surface area (Å²) in [7, 11) is 0. The van der Waals surface area contributed by atoms with Gasteiger partial charge in [0.15, 0.2) is 0 Å². The van der Waals surface area contributed by atoms with E-state index >= 15 is 0 Å². The standard InChI is InChI=1S/C11H12BrNO3/c12-9-1-3-10(4-2-9)16-7-8-5-13(6-8)11(14)15/h1-4,8H,5-7H2,(H,14,15). The molecule has 1 aliphatic rings. The highest BCUT2D eigenvalue weighted by molar-refractivity contribution is 9.10. The second kappa shape index (κ2) is 4.74. The van der Waals surface area contributed by atoms with E-state index in [-0.39, 0.29) is 0 Å². The molecular formula is C11H12BrNO3. The fourth-order valence-electron chi connectivity index (χ4n) is 1.58. The highest BCUT2D eigenvalue weighted by Gasteiger charge is 2.30. The minimum Gasteiger partial charge on any atom is -0.493 e. The zero-order chi connectivity index (χ0) is 11.5. The first-order valence-corrected chi connectivity index (χ1v) is 5.80. The lowest BCUT2D eigenvalue weighted by Gasteiger charge is -2.36. The van der Waals surface area contributed by atoms with Crippen LogP contribution in [0.4, 0.5) is 4.79 Å². The van der Waals surface area contributed by atoms with Gasteiger partial charge >= 0.3 is 6.09 Å². The molecule has 0 unspecified atom stereocenters. The minimum atomic E-state index is -0.847. The van der Waals surface area contributed by atoms with Crippen molar-refractivity contribution in [1.29, 1.82) is 0 Å². The molecule has 2 rings (SSSR count). The molecular weight excluding hydrogens is 274 g/mol. The van der Waals surface area contributed by atoms with Gasteiger partial charge in [0.1, 0.15) is 5.75 Å². The van der Waals surface area contributed by atoms with Gasteiger partial charge in [-0.05, 0) is 24.3 Å². The second-order valence-corrected chi connectivity index (χ2v) is 4.73. The van der Waals surface area contributed by atoms with Gasteiger partial charge < -0.3 is 14.7 Å². The first-order valence-electron chi connectivity index (χ1n) is 5.01. The third-order valence-electron chi connectivity index (χ3n) is 2.53. The molecule has 1 amide bonds. The maximum atomic E-state index is 10.5. The predicted octanol–water partition coefficient (Wildman–Crippen LogP) is 2.44. The minimum absolute atomic E-state index is 0.319. The molecule has 1 fully saturated rings. The van der Waals surface area contributed by atoms with Gasteiger partial charge in [-0.3, -0.25) is 0 Å². The number of hydrogen-bond acceptors (Lipinski definition) is 2. The molecule has 1 saturated heterocycles. The summed E-state index contributed by atoms with van der Waals surface area (Å²) < 4.78 is 6.57. The number of amides is 1. The van der Waals surface area contributed by atoms with Crippen LogP contribution in [0.2, 0.25) is 0 Å². The molecule has 0 atom stereocenters. The quantitative estimate of drug-likeness (QED) is 0.928. The van der Waals surface area contributed by atoms with Crippen molar-refractivity contribution in [2.45, 2.75) is 0 Å². The van der Waals surface area contributed by atoms with Crippen molar-refractivity contribution in [3.63, 3.8) is 0 Å². The van der Waals surface area contributed by atoms with Crippen LogP contribution in [-0.2, 0) is 0 Å². The zero-order valence-corrected chi connectivity index (χ0v) is 10.2. The molecule has 1 heterocycles. The molecule has 1 aromatic carbocycles. The second-order valence-electron chi connectivity index (χ2n) is 3.82. The van der Waals surface area contributed by atoms with Gasteiger partial charge in [-0.1, -0.05) is 15.9 Å². The lowest BCUT2D eigenvalue weighted by molar-refractivity contribution is 0.0585. The molecule has 16 heavy (non-hydrogen) atoms. The number of carboxylic acid groups (broad SMARTS) is 1. The first-order chi connectivity index (χ1) is 7.65. The Morgan fingerprint density at radius 3 is 2.62 bits per heavy atom.